The number of aliphatic carboxylic acids is 1. The summed E-state index contributed by atoms with van der Waals surface area (Å²) in [5.41, 5.74) is 2.36. The molecule has 0 aliphatic heterocycles. The van der Waals surface area contributed by atoms with E-state index in [1.165, 1.54) is 5.48 Å². The molecule has 0 aromatic heterocycles. The second kappa shape index (κ2) is 13.5. The van der Waals surface area contributed by atoms with E-state index in [0.717, 1.165) is 5.56 Å². The van der Waals surface area contributed by atoms with Gasteiger partial charge in [0.1, 0.15) is 12.1 Å². The monoisotopic (exact) mass is 449 g/mol. The lowest BCUT2D eigenvalue weighted by atomic mass is 9.92. The van der Waals surface area contributed by atoms with Crippen LogP contribution in [0, 0.1) is 17.8 Å². The number of carboxylic acids is 1. The van der Waals surface area contributed by atoms with Crippen LogP contribution in [0.15, 0.2) is 30.3 Å². The molecule has 3 amide bonds. The lowest BCUT2D eigenvalue weighted by Crippen LogP contribution is -2.55. The van der Waals surface area contributed by atoms with Crippen LogP contribution >= 0.6 is 0 Å². The molecule has 1 aromatic rings. The molecule has 0 heterocycles. The first-order chi connectivity index (χ1) is 15.1. The molecule has 0 radical (unpaired) electrons. The van der Waals surface area contributed by atoms with E-state index < -0.39 is 41.7 Å². The zero-order valence-corrected chi connectivity index (χ0v) is 19.1. The van der Waals surface area contributed by atoms with Gasteiger partial charge in [-0.05, 0) is 30.2 Å². The average molecular weight is 450 g/mol. The van der Waals surface area contributed by atoms with Crippen molar-refractivity contribution in [1.82, 2.24) is 16.1 Å². The van der Waals surface area contributed by atoms with Crippen LogP contribution in [0.1, 0.15) is 52.5 Å². The third-order valence-electron chi connectivity index (χ3n) is 5.37. The number of carbonyl (C=O) groups is 4. The van der Waals surface area contributed by atoms with E-state index in [-0.39, 0.29) is 31.1 Å². The van der Waals surface area contributed by atoms with E-state index in [1.54, 1.807) is 6.92 Å². The van der Waals surface area contributed by atoms with Gasteiger partial charge in [-0.15, -0.1) is 0 Å². The number of amides is 3. The van der Waals surface area contributed by atoms with Gasteiger partial charge in [0.25, 0.3) is 0 Å². The van der Waals surface area contributed by atoms with E-state index >= 15 is 0 Å². The van der Waals surface area contributed by atoms with Crippen molar-refractivity contribution in [3.05, 3.63) is 35.9 Å². The Morgan fingerprint density at radius 1 is 0.969 bits per heavy atom. The molecule has 0 fully saturated rings. The lowest BCUT2D eigenvalue weighted by Gasteiger charge is -2.27. The van der Waals surface area contributed by atoms with Crippen LogP contribution < -0.4 is 16.1 Å². The minimum Gasteiger partial charge on any atom is -0.480 e. The van der Waals surface area contributed by atoms with Crippen LogP contribution in [0.25, 0.3) is 0 Å². The zero-order chi connectivity index (χ0) is 24.3. The lowest BCUT2D eigenvalue weighted by molar-refractivity contribution is -0.143. The minimum absolute atomic E-state index is 0.0558. The molecule has 9 nitrogen and oxygen atoms in total. The number of rotatable bonds is 13. The van der Waals surface area contributed by atoms with Gasteiger partial charge in [0.15, 0.2) is 0 Å². The van der Waals surface area contributed by atoms with Crippen LogP contribution in [-0.4, -0.2) is 46.1 Å². The largest absolute Gasteiger partial charge is 0.480 e. The smallest absolute Gasteiger partial charge is 0.326 e. The minimum atomic E-state index is -1.14. The summed E-state index contributed by atoms with van der Waals surface area (Å²) < 4.78 is 0. The molecule has 9 heteroatoms. The first-order valence-corrected chi connectivity index (χ1v) is 10.9. The van der Waals surface area contributed by atoms with Crippen molar-refractivity contribution in [2.75, 3.05) is 0 Å². The van der Waals surface area contributed by atoms with Crippen molar-refractivity contribution in [2.45, 2.75) is 65.5 Å². The van der Waals surface area contributed by atoms with Crippen molar-refractivity contribution in [1.29, 1.82) is 0 Å². The van der Waals surface area contributed by atoms with E-state index in [9.17, 15) is 24.3 Å². The Hall–Kier alpha value is -2.94. The molecule has 1 rings (SSSR count). The molecule has 0 aliphatic rings. The van der Waals surface area contributed by atoms with Crippen molar-refractivity contribution in [3.8, 4) is 0 Å². The normalized spacial score (nSPS) is 14.7. The maximum atomic E-state index is 13.1. The van der Waals surface area contributed by atoms with Gasteiger partial charge in [0, 0.05) is 6.42 Å². The molecule has 0 aliphatic carbocycles. The SMILES string of the molecule is CC[C@H](C)[C@@H](NC(=O)C(CC(=O)NO)Cc1ccccc1)C(=O)N[C@@H](CC(C)C)C(=O)O. The summed E-state index contributed by atoms with van der Waals surface area (Å²) in [4.78, 5) is 49.3. The van der Waals surface area contributed by atoms with E-state index in [1.807, 2.05) is 51.1 Å². The summed E-state index contributed by atoms with van der Waals surface area (Å²) in [5, 5.41) is 23.6. The fourth-order valence-corrected chi connectivity index (χ4v) is 3.35. The zero-order valence-electron chi connectivity index (χ0n) is 19.1. The maximum Gasteiger partial charge on any atom is 0.326 e. The summed E-state index contributed by atoms with van der Waals surface area (Å²) in [7, 11) is 0. The molecule has 178 valence electrons. The summed E-state index contributed by atoms with van der Waals surface area (Å²) >= 11 is 0. The topological polar surface area (TPSA) is 145 Å². The van der Waals surface area contributed by atoms with Gasteiger partial charge in [-0.1, -0.05) is 64.4 Å². The van der Waals surface area contributed by atoms with Gasteiger partial charge in [-0.25, -0.2) is 10.3 Å². The number of hydrogen-bond acceptors (Lipinski definition) is 5. The molecule has 0 saturated heterocycles. The number of hydrogen-bond donors (Lipinski definition) is 5. The highest BCUT2D eigenvalue weighted by molar-refractivity contribution is 5.92. The molecule has 0 saturated carbocycles. The number of benzene rings is 1. The quantitative estimate of drug-likeness (QED) is 0.230. The number of hydroxylamine groups is 1. The summed E-state index contributed by atoms with van der Waals surface area (Å²) in [5.74, 6) is -3.98. The Balaban J connectivity index is 3.04. The second-order valence-corrected chi connectivity index (χ2v) is 8.53. The van der Waals surface area contributed by atoms with Gasteiger partial charge in [-0.3, -0.25) is 19.6 Å². The number of carboxylic acid groups (broad SMARTS) is 1. The van der Waals surface area contributed by atoms with Crippen LogP contribution in [-0.2, 0) is 25.6 Å². The third kappa shape index (κ3) is 9.05. The molecular formula is C23H35N3O6. The predicted molar refractivity (Wildman–Crippen MR) is 119 cm³/mol. The molecule has 0 spiro atoms. The molecule has 0 bridgehead atoms. The molecule has 1 unspecified atom stereocenters. The molecule has 5 N–H and O–H groups in total. The van der Waals surface area contributed by atoms with Crippen LogP contribution in [0.4, 0.5) is 0 Å². The highest BCUT2D eigenvalue weighted by atomic mass is 16.5. The summed E-state index contributed by atoms with van der Waals surface area (Å²) in [6.45, 7) is 7.36. The van der Waals surface area contributed by atoms with E-state index in [0.29, 0.717) is 6.42 Å². The van der Waals surface area contributed by atoms with Gasteiger partial charge in [0.05, 0.1) is 5.92 Å². The Morgan fingerprint density at radius 3 is 2.09 bits per heavy atom. The predicted octanol–water partition coefficient (Wildman–Crippen LogP) is 1.89. The maximum absolute atomic E-state index is 13.1. The molecule has 4 atom stereocenters. The highest BCUT2D eigenvalue weighted by Gasteiger charge is 2.32. The fourth-order valence-electron chi connectivity index (χ4n) is 3.35. The average Bonchev–Trinajstić information content (AvgIpc) is 2.75. The van der Waals surface area contributed by atoms with Crippen LogP contribution in [0.3, 0.4) is 0 Å². The first kappa shape index (κ1) is 27.1. The summed E-state index contributed by atoms with van der Waals surface area (Å²) in [6, 6.07) is 7.07. The Labute approximate surface area is 188 Å². The van der Waals surface area contributed by atoms with Crippen LogP contribution in [0.2, 0.25) is 0 Å². The molecule has 1 aromatic carbocycles. The first-order valence-electron chi connectivity index (χ1n) is 10.9. The fraction of sp³-hybridized carbons (Fsp3) is 0.565. The molecular weight excluding hydrogens is 414 g/mol. The van der Waals surface area contributed by atoms with Crippen LogP contribution in [0.5, 0.6) is 0 Å². The van der Waals surface area contributed by atoms with Crippen molar-refractivity contribution in [2.24, 2.45) is 17.8 Å². The van der Waals surface area contributed by atoms with Gasteiger partial charge >= 0.3 is 5.97 Å². The van der Waals surface area contributed by atoms with E-state index in [2.05, 4.69) is 10.6 Å². The van der Waals surface area contributed by atoms with Gasteiger partial charge < -0.3 is 15.7 Å². The summed E-state index contributed by atoms with van der Waals surface area (Å²) in [6.07, 6.45) is 0.799. The van der Waals surface area contributed by atoms with E-state index in [4.69, 9.17) is 5.21 Å². The van der Waals surface area contributed by atoms with Crippen molar-refractivity contribution >= 4 is 23.7 Å². The standard InChI is InChI=1S/C23H35N3O6/c1-5-15(4)20(22(29)24-18(23(30)31)11-14(2)3)25-21(28)17(13-19(27)26-32)12-16-9-7-6-8-10-16/h6-10,14-15,17-18,20,32H,5,11-13H2,1-4H3,(H,24,29)(H,25,28)(H,26,27)(H,30,31)/t15-,17?,18-,20+/m0/s1. The number of carbonyl (C=O) groups excluding carboxylic acids is 3. The van der Waals surface area contributed by atoms with Crippen molar-refractivity contribution in [3.63, 3.8) is 0 Å². The molecule has 32 heavy (non-hydrogen) atoms. The highest BCUT2D eigenvalue weighted by Crippen LogP contribution is 2.16. The van der Waals surface area contributed by atoms with Gasteiger partial charge in [-0.2, -0.15) is 0 Å². The third-order valence-corrected chi connectivity index (χ3v) is 5.37. The Kier molecular flexibility index (Phi) is 11.4. The second-order valence-electron chi connectivity index (χ2n) is 8.53. The van der Waals surface area contributed by atoms with Gasteiger partial charge in [0.2, 0.25) is 17.7 Å². The Bertz CT molecular complexity index is 768. The van der Waals surface area contributed by atoms with Crippen molar-refractivity contribution < 1.29 is 29.5 Å². The number of nitrogens with one attached hydrogen (secondary N) is 3. The Morgan fingerprint density at radius 2 is 1.59 bits per heavy atom.